The molecule has 4 rings (SSSR count). The number of nitrogens with zero attached hydrogens (tertiary/aromatic N) is 1. The highest BCUT2D eigenvalue weighted by Gasteiger charge is 2.36. The maximum Gasteiger partial charge on any atom is 0.338 e. The van der Waals surface area contributed by atoms with Crippen LogP contribution in [0.2, 0.25) is 10.0 Å². The number of anilines is 2. The molecular formula is C23H14Cl2N2O5. The average Bonchev–Trinajstić information content (AvgIpc) is 3.05. The number of amides is 3. The van der Waals surface area contributed by atoms with E-state index in [2.05, 4.69) is 5.32 Å². The zero-order valence-corrected chi connectivity index (χ0v) is 17.8. The molecule has 3 aromatic rings. The van der Waals surface area contributed by atoms with Crippen molar-refractivity contribution in [2.45, 2.75) is 0 Å². The van der Waals surface area contributed by atoms with Gasteiger partial charge in [0.2, 0.25) is 0 Å². The third-order valence-electron chi connectivity index (χ3n) is 4.69. The Labute approximate surface area is 192 Å². The highest BCUT2D eigenvalue weighted by Crippen LogP contribution is 2.30. The molecule has 7 nitrogen and oxygen atoms in total. The minimum absolute atomic E-state index is 0.0765. The van der Waals surface area contributed by atoms with E-state index in [-0.39, 0.29) is 27.0 Å². The number of nitrogens with one attached hydrogen (secondary N) is 1. The summed E-state index contributed by atoms with van der Waals surface area (Å²) in [5, 5.41) is 2.94. The largest absolute Gasteiger partial charge is 0.452 e. The van der Waals surface area contributed by atoms with Crippen molar-refractivity contribution in [3.63, 3.8) is 0 Å². The zero-order valence-electron chi connectivity index (χ0n) is 16.3. The predicted molar refractivity (Wildman–Crippen MR) is 119 cm³/mol. The number of imide groups is 1. The van der Waals surface area contributed by atoms with Crippen LogP contribution in [0.4, 0.5) is 11.4 Å². The third kappa shape index (κ3) is 4.08. The SMILES string of the molecule is O=C(COC(=O)c1cccc(N2C(=O)c3ccccc3C2=O)c1)Nc1cccc(Cl)c1Cl. The molecule has 3 aromatic carbocycles. The second-order valence-corrected chi connectivity index (χ2v) is 7.55. The first-order valence-corrected chi connectivity index (χ1v) is 10.1. The maximum atomic E-state index is 12.6. The van der Waals surface area contributed by atoms with Crippen molar-refractivity contribution in [3.8, 4) is 0 Å². The molecule has 32 heavy (non-hydrogen) atoms. The van der Waals surface area contributed by atoms with Crippen molar-refractivity contribution in [2.75, 3.05) is 16.8 Å². The fourth-order valence-electron chi connectivity index (χ4n) is 3.20. The normalized spacial score (nSPS) is 12.5. The standard InChI is InChI=1S/C23H14Cl2N2O5/c24-17-9-4-10-18(20(17)25)26-19(28)12-32-23(31)13-5-3-6-14(11-13)27-21(29)15-7-1-2-8-16(15)22(27)30/h1-11H,12H2,(H,26,28). The van der Waals surface area contributed by atoms with E-state index >= 15 is 0 Å². The van der Waals surface area contributed by atoms with Crippen LogP contribution in [0.1, 0.15) is 31.1 Å². The number of fused-ring (bicyclic) bond motifs is 1. The molecule has 0 spiro atoms. The van der Waals surface area contributed by atoms with E-state index in [1.54, 1.807) is 42.5 Å². The molecule has 0 unspecified atom stereocenters. The van der Waals surface area contributed by atoms with Gasteiger partial charge in [0.15, 0.2) is 6.61 Å². The predicted octanol–water partition coefficient (Wildman–Crippen LogP) is 4.59. The van der Waals surface area contributed by atoms with Gasteiger partial charge in [-0.15, -0.1) is 0 Å². The number of esters is 1. The van der Waals surface area contributed by atoms with Crippen molar-refractivity contribution in [2.24, 2.45) is 0 Å². The van der Waals surface area contributed by atoms with Crippen LogP contribution in [0.5, 0.6) is 0 Å². The van der Waals surface area contributed by atoms with E-state index in [9.17, 15) is 19.2 Å². The second kappa shape index (κ2) is 8.82. The van der Waals surface area contributed by atoms with Gasteiger partial charge in [-0.2, -0.15) is 0 Å². The molecule has 0 fully saturated rings. The highest BCUT2D eigenvalue weighted by molar-refractivity contribution is 6.44. The number of hydrogen-bond acceptors (Lipinski definition) is 5. The summed E-state index contributed by atoms with van der Waals surface area (Å²) < 4.78 is 5.05. The zero-order chi connectivity index (χ0) is 22.8. The topological polar surface area (TPSA) is 92.8 Å². The number of ether oxygens (including phenoxy) is 1. The smallest absolute Gasteiger partial charge is 0.338 e. The molecule has 3 amide bonds. The van der Waals surface area contributed by atoms with Gasteiger partial charge in [-0.05, 0) is 42.5 Å². The average molecular weight is 469 g/mol. The van der Waals surface area contributed by atoms with Gasteiger partial charge < -0.3 is 10.1 Å². The summed E-state index contributed by atoms with van der Waals surface area (Å²) in [4.78, 5) is 50.8. The monoisotopic (exact) mass is 468 g/mol. The van der Waals surface area contributed by atoms with Crippen LogP contribution in [0, 0.1) is 0 Å². The van der Waals surface area contributed by atoms with Gasteiger partial charge in [0.1, 0.15) is 0 Å². The summed E-state index contributed by atoms with van der Waals surface area (Å²) in [6.07, 6.45) is 0. The van der Waals surface area contributed by atoms with Crippen LogP contribution in [0.3, 0.4) is 0 Å². The Morgan fingerprint density at radius 1 is 0.875 bits per heavy atom. The lowest BCUT2D eigenvalue weighted by atomic mass is 10.1. The van der Waals surface area contributed by atoms with Crippen molar-refractivity contribution >= 4 is 58.3 Å². The lowest BCUT2D eigenvalue weighted by molar-refractivity contribution is -0.119. The van der Waals surface area contributed by atoms with E-state index in [1.165, 1.54) is 24.3 Å². The molecule has 9 heteroatoms. The van der Waals surface area contributed by atoms with Crippen LogP contribution in [-0.4, -0.2) is 30.3 Å². The maximum absolute atomic E-state index is 12.6. The molecule has 0 saturated carbocycles. The molecule has 0 radical (unpaired) electrons. The van der Waals surface area contributed by atoms with E-state index in [0.717, 1.165) is 4.90 Å². The summed E-state index contributed by atoms with van der Waals surface area (Å²) in [6.45, 7) is -0.571. The number of rotatable bonds is 5. The molecule has 1 aliphatic rings. The Morgan fingerprint density at radius 3 is 2.22 bits per heavy atom. The molecule has 160 valence electrons. The molecule has 0 bridgehead atoms. The van der Waals surface area contributed by atoms with Gasteiger partial charge >= 0.3 is 5.97 Å². The van der Waals surface area contributed by atoms with Gasteiger partial charge in [-0.25, -0.2) is 9.69 Å². The van der Waals surface area contributed by atoms with Gasteiger partial charge in [0.05, 0.1) is 38.1 Å². The number of halogens is 2. The van der Waals surface area contributed by atoms with Crippen molar-refractivity contribution < 1.29 is 23.9 Å². The molecule has 0 saturated heterocycles. The van der Waals surface area contributed by atoms with Gasteiger partial charge in [0.25, 0.3) is 17.7 Å². The first-order valence-electron chi connectivity index (χ1n) is 9.35. The number of carbonyl (C=O) groups excluding carboxylic acids is 4. The lowest BCUT2D eigenvalue weighted by Crippen LogP contribution is -2.29. The minimum Gasteiger partial charge on any atom is -0.452 e. The summed E-state index contributed by atoms with van der Waals surface area (Å²) in [7, 11) is 0. The number of hydrogen-bond donors (Lipinski definition) is 1. The van der Waals surface area contributed by atoms with Gasteiger partial charge in [0, 0.05) is 0 Å². The molecular weight excluding hydrogens is 455 g/mol. The minimum atomic E-state index is -0.796. The van der Waals surface area contributed by atoms with Crippen LogP contribution in [-0.2, 0) is 9.53 Å². The Balaban J connectivity index is 1.44. The molecule has 0 aliphatic carbocycles. The van der Waals surface area contributed by atoms with E-state index in [1.807, 2.05) is 0 Å². The van der Waals surface area contributed by atoms with E-state index in [0.29, 0.717) is 11.1 Å². The Bertz CT molecular complexity index is 1240. The number of carbonyl (C=O) groups is 4. The summed E-state index contributed by atoms with van der Waals surface area (Å²) in [6, 6.07) is 17.1. The molecule has 1 N–H and O–H groups in total. The lowest BCUT2D eigenvalue weighted by Gasteiger charge is -2.15. The Kier molecular flexibility index (Phi) is 5.94. The van der Waals surface area contributed by atoms with Gasteiger partial charge in [-0.1, -0.05) is 47.5 Å². The Hall–Kier alpha value is -3.68. The molecule has 0 aromatic heterocycles. The van der Waals surface area contributed by atoms with Crippen LogP contribution < -0.4 is 10.2 Å². The van der Waals surface area contributed by atoms with Crippen molar-refractivity contribution in [1.82, 2.24) is 0 Å². The first-order chi connectivity index (χ1) is 15.4. The summed E-state index contributed by atoms with van der Waals surface area (Å²) in [5.74, 6) is -2.36. The molecule has 0 atom stereocenters. The highest BCUT2D eigenvalue weighted by atomic mass is 35.5. The fraction of sp³-hybridized carbons (Fsp3) is 0.0435. The van der Waals surface area contributed by atoms with Crippen LogP contribution in [0.15, 0.2) is 66.7 Å². The van der Waals surface area contributed by atoms with Gasteiger partial charge in [-0.3, -0.25) is 14.4 Å². The summed E-state index contributed by atoms with van der Waals surface area (Å²) >= 11 is 11.9. The first kappa shape index (κ1) is 21.5. The van der Waals surface area contributed by atoms with Crippen LogP contribution in [0.25, 0.3) is 0 Å². The van der Waals surface area contributed by atoms with E-state index in [4.69, 9.17) is 27.9 Å². The van der Waals surface area contributed by atoms with Crippen molar-refractivity contribution in [1.29, 1.82) is 0 Å². The van der Waals surface area contributed by atoms with Crippen molar-refractivity contribution in [3.05, 3.63) is 93.5 Å². The number of benzene rings is 3. The fourth-order valence-corrected chi connectivity index (χ4v) is 3.54. The second-order valence-electron chi connectivity index (χ2n) is 6.77. The quantitative estimate of drug-likeness (QED) is 0.436. The van der Waals surface area contributed by atoms with Crippen LogP contribution >= 0.6 is 23.2 Å². The van der Waals surface area contributed by atoms with E-state index < -0.39 is 30.3 Å². The molecule has 1 heterocycles. The summed E-state index contributed by atoms with van der Waals surface area (Å²) in [5.41, 5.74) is 1.17. The third-order valence-corrected chi connectivity index (χ3v) is 5.51. The molecule has 1 aliphatic heterocycles. The Morgan fingerprint density at radius 2 is 1.53 bits per heavy atom.